The fourth-order valence-corrected chi connectivity index (χ4v) is 2.80. The van der Waals surface area contributed by atoms with Crippen LogP contribution in [0.1, 0.15) is 41.5 Å². The van der Waals surface area contributed by atoms with Gasteiger partial charge in [-0.15, -0.1) is 19.7 Å². The molecule has 0 spiro atoms. The van der Waals surface area contributed by atoms with Crippen molar-refractivity contribution in [2.75, 3.05) is 0 Å². The molecule has 0 amide bonds. The molecule has 1 heteroatoms. The smallest absolute Gasteiger partial charge is 0.127 e. The quantitative estimate of drug-likeness (QED) is 0.530. The Bertz CT molecular complexity index is 627. The molecule has 0 atom stereocenters. The van der Waals surface area contributed by atoms with Crippen molar-refractivity contribution in [2.45, 2.75) is 45.4 Å². The zero-order valence-corrected chi connectivity index (χ0v) is 15.2. The number of aryl methyl sites for hydroxylation is 3. The first-order valence-electron chi connectivity index (χ1n) is 8.40. The van der Waals surface area contributed by atoms with Gasteiger partial charge in [0.15, 0.2) is 0 Å². The highest BCUT2D eigenvalue weighted by Gasteiger charge is 2.37. The van der Waals surface area contributed by atoms with E-state index in [-0.39, 0.29) is 11.2 Å². The van der Waals surface area contributed by atoms with E-state index in [9.17, 15) is 4.39 Å². The van der Waals surface area contributed by atoms with E-state index in [4.69, 9.17) is 0 Å². The van der Waals surface area contributed by atoms with E-state index in [2.05, 4.69) is 57.8 Å². The number of hydrogen-bond acceptors (Lipinski definition) is 0. The molecule has 0 saturated heterocycles. The Hall–Kier alpha value is -2.15. The summed E-state index contributed by atoms with van der Waals surface area (Å²) in [5.41, 5.74) is 4.54. The second-order valence-corrected chi connectivity index (χ2v) is 6.35. The maximum Gasteiger partial charge on any atom is 0.127 e. The molecule has 3 rings (SSSR count). The third kappa shape index (κ3) is 4.92. The highest BCUT2D eigenvalue weighted by molar-refractivity contribution is 5.36. The molecule has 24 heavy (non-hydrogen) atoms. The van der Waals surface area contributed by atoms with Gasteiger partial charge in [0.2, 0.25) is 0 Å². The van der Waals surface area contributed by atoms with Crippen molar-refractivity contribution in [1.82, 2.24) is 0 Å². The fourth-order valence-electron chi connectivity index (χ4n) is 2.80. The van der Waals surface area contributed by atoms with E-state index in [1.807, 2.05) is 25.1 Å². The maximum absolute atomic E-state index is 13.6. The molecule has 0 aliphatic heterocycles. The minimum atomic E-state index is -0.0878. The minimum Gasteiger partial charge on any atom is -0.207 e. The summed E-state index contributed by atoms with van der Waals surface area (Å²) in [5, 5.41) is 0. The first-order valence-corrected chi connectivity index (χ1v) is 8.40. The van der Waals surface area contributed by atoms with E-state index in [0.29, 0.717) is 0 Å². The molecule has 0 unspecified atom stereocenters. The standard InChI is InChI=1S/C13H15F.C8H10.C2H4/c1-3-13(7-4-8-13)11-9-10(2)5-6-12(11)14;1-7-3-5-8(2)6-4-7;1-2/h3,5-6,9H,1,4,7-8H2,2H3;3-6H,1-2H3;1-2H2. The van der Waals surface area contributed by atoms with E-state index in [1.165, 1.54) is 17.5 Å². The van der Waals surface area contributed by atoms with Crippen LogP contribution in [-0.2, 0) is 5.41 Å². The van der Waals surface area contributed by atoms with E-state index < -0.39 is 0 Å². The van der Waals surface area contributed by atoms with Gasteiger partial charge < -0.3 is 0 Å². The molecule has 1 aliphatic carbocycles. The summed E-state index contributed by atoms with van der Waals surface area (Å²) in [6.45, 7) is 16.0. The Morgan fingerprint density at radius 1 is 0.875 bits per heavy atom. The third-order valence-electron chi connectivity index (χ3n) is 4.51. The first kappa shape index (κ1) is 19.9. The molecule has 0 aromatic heterocycles. The van der Waals surface area contributed by atoms with Crippen molar-refractivity contribution >= 4 is 0 Å². The Kier molecular flexibility index (Phi) is 7.64. The van der Waals surface area contributed by atoms with Gasteiger partial charge in [-0.2, -0.15) is 0 Å². The summed E-state index contributed by atoms with van der Waals surface area (Å²) < 4.78 is 13.6. The molecule has 0 heterocycles. The summed E-state index contributed by atoms with van der Waals surface area (Å²) in [4.78, 5) is 0. The summed E-state index contributed by atoms with van der Waals surface area (Å²) in [6, 6.07) is 13.8. The molecule has 1 saturated carbocycles. The van der Waals surface area contributed by atoms with Gasteiger partial charge in [0.25, 0.3) is 0 Å². The van der Waals surface area contributed by atoms with Gasteiger partial charge >= 0.3 is 0 Å². The SMILES string of the molecule is C=C.C=CC1(c2cc(C)ccc2F)CCC1.Cc1ccc(C)cc1. The number of hydrogen-bond donors (Lipinski definition) is 0. The van der Waals surface area contributed by atoms with Crippen molar-refractivity contribution in [2.24, 2.45) is 0 Å². The first-order chi connectivity index (χ1) is 11.5. The van der Waals surface area contributed by atoms with Crippen LogP contribution in [0.4, 0.5) is 4.39 Å². The molecular formula is C23H29F. The monoisotopic (exact) mass is 324 g/mol. The van der Waals surface area contributed by atoms with Crippen LogP contribution in [0, 0.1) is 26.6 Å². The van der Waals surface area contributed by atoms with Crippen molar-refractivity contribution in [1.29, 1.82) is 0 Å². The van der Waals surface area contributed by atoms with Gasteiger partial charge in [-0.05, 0) is 45.2 Å². The molecule has 1 fully saturated rings. The molecule has 128 valence electrons. The van der Waals surface area contributed by atoms with Crippen LogP contribution in [0.2, 0.25) is 0 Å². The Morgan fingerprint density at radius 2 is 1.33 bits per heavy atom. The lowest BCUT2D eigenvalue weighted by Gasteiger charge is -2.40. The highest BCUT2D eigenvalue weighted by Crippen LogP contribution is 2.45. The lowest BCUT2D eigenvalue weighted by Crippen LogP contribution is -2.32. The average molecular weight is 324 g/mol. The number of rotatable bonds is 2. The van der Waals surface area contributed by atoms with Gasteiger partial charge in [-0.25, -0.2) is 4.39 Å². The van der Waals surface area contributed by atoms with Crippen LogP contribution in [0.15, 0.2) is 68.3 Å². The Balaban J connectivity index is 0.000000245. The van der Waals surface area contributed by atoms with Crippen molar-refractivity contribution in [3.8, 4) is 0 Å². The zero-order chi connectivity index (χ0) is 18.2. The molecule has 2 aromatic carbocycles. The topological polar surface area (TPSA) is 0 Å². The van der Waals surface area contributed by atoms with E-state index in [0.717, 1.165) is 24.0 Å². The summed E-state index contributed by atoms with van der Waals surface area (Å²) in [6.07, 6.45) is 5.17. The second kappa shape index (κ2) is 9.22. The maximum atomic E-state index is 13.6. The lowest BCUT2D eigenvalue weighted by atomic mass is 9.64. The number of benzene rings is 2. The predicted octanol–water partition coefficient (Wildman–Crippen LogP) is 6.85. The van der Waals surface area contributed by atoms with Gasteiger partial charge in [-0.1, -0.05) is 65.6 Å². The second-order valence-electron chi connectivity index (χ2n) is 6.35. The zero-order valence-electron chi connectivity index (χ0n) is 15.2. The Morgan fingerprint density at radius 3 is 1.71 bits per heavy atom. The van der Waals surface area contributed by atoms with Gasteiger partial charge in [0.05, 0.1) is 0 Å². The van der Waals surface area contributed by atoms with Gasteiger partial charge in [0.1, 0.15) is 5.82 Å². The van der Waals surface area contributed by atoms with Crippen LogP contribution in [0.25, 0.3) is 0 Å². The van der Waals surface area contributed by atoms with E-state index in [1.54, 1.807) is 6.07 Å². The van der Waals surface area contributed by atoms with Crippen LogP contribution < -0.4 is 0 Å². The summed E-state index contributed by atoms with van der Waals surface area (Å²) in [7, 11) is 0. The highest BCUT2D eigenvalue weighted by atomic mass is 19.1. The number of allylic oxidation sites excluding steroid dienone is 1. The molecule has 0 nitrogen and oxygen atoms in total. The lowest BCUT2D eigenvalue weighted by molar-refractivity contribution is 0.304. The van der Waals surface area contributed by atoms with Crippen molar-refractivity contribution in [3.05, 3.63) is 96.3 Å². The Labute approximate surface area is 146 Å². The summed E-state index contributed by atoms with van der Waals surface area (Å²) in [5.74, 6) is -0.0878. The number of halogens is 1. The van der Waals surface area contributed by atoms with Gasteiger partial charge in [-0.3, -0.25) is 0 Å². The van der Waals surface area contributed by atoms with Crippen LogP contribution >= 0.6 is 0 Å². The minimum absolute atomic E-state index is 0.0733. The molecule has 0 radical (unpaired) electrons. The summed E-state index contributed by atoms with van der Waals surface area (Å²) >= 11 is 0. The largest absolute Gasteiger partial charge is 0.207 e. The van der Waals surface area contributed by atoms with Crippen molar-refractivity contribution in [3.63, 3.8) is 0 Å². The molecule has 1 aliphatic rings. The van der Waals surface area contributed by atoms with Crippen LogP contribution in [-0.4, -0.2) is 0 Å². The molecule has 0 N–H and O–H groups in total. The van der Waals surface area contributed by atoms with Crippen molar-refractivity contribution < 1.29 is 4.39 Å². The average Bonchev–Trinajstić information content (AvgIpc) is 2.56. The van der Waals surface area contributed by atoms with Gasteiger partial charge in [0, 0.05) is 5.41 Å². The third-order valence-corrected chi connectivity index (χ3v) is 4.51. The van der Waals surface area contributed by atoms with E-state index >= 15 is 0 Å². The normalized spacial score (nSPS) is 14.2. The van der Waals surface area contributed by atoms with Crippen LogP contribution in [0.3, 0.4) is 0 Å². The molecule has 0 bridgehead atoms. The fraction of sp³-hybridized carbons (Fsp3) is 0.304. The molecular weight excluding hydrogens is 295 g/mol. The predicted molar refractivity (Wildman–Crippen MR) is 104 cm³/mol. The van der Waals surface area contributed by atoms with Crippen LogP contribution in [0.5, 0.6) is 0 Å². The molecule has 2 aromatic rings.